The summed E-state index contributed by atoms with van der Waals surface area (Å²) in [6.45, 7) is 12.9. The normalized spacial score (nSPS) is 11.2. The van der Waals surface area contributed by atoms with Gasteiger partial charge >= 0.3 is 11.9 Å². The van der Waals surface area contributed by atoms with Gasteiger partial charge < -0.3 is 9.47 Å². The van der Waals surface area contributed by atoms with Crippen molar-refractivity contribution < 1.29 is 27.5 Å². The smallest absolute Gasteiger partial charge is 0.338 e. The topological polar surface area (TPSA) is 98.8 Å². The number of hydrogen-bond acceptors (Lipinski definition) is 6. The zero-order valence-corrected chi connectivity index (χ0v) is 19.8. The van der Waals surface area contributed by atoms with Crippen molar-refractivity contribution in [2.45, 2.75) is 53.4 Å². The van der Waals surface area contributed by atoms with Crippen molar-refractivity contribution in [3.8, 4) is 0 Å². The molecule has 0 heterocycles. The van der Waals surface area contributed by atoms with Gasteiger partial charge in [-0.2, -0.15) is 0 Å². The third-order valence-electron chi connectivity index (χ3n) is 5.41. The Labute approximate surface area is 183 Å². The molecule has 2 aromatic carbocycles. The number of sulfonamides is 1. The molecular formula is C23H29NO6S. The van der Waals surface area contributed by atoms with E-state index in [0.717, 1.165) is 16.7 Å². The first kappa shape index (κ1) is 24.4. The number of nitrogens with one attached hydrogen (secondary N) is 1. The largest absolute Gasteiger partial charge is 0.462 e. The number of benzene rings is 2. The fourth-order valence-electron chi connectivity index (χ4n) is 3.43. The van der Waals surface area contributed by atoms with E-state index < -0.39 is 22.0 Å². The molecule has 2 aromatic rings. The number of anilines is 1. The zero-order valence-electron chi connectivity index (χ0n) is 19.0. The highest BCUT2D eigenvalue weighted by molar-refractivity contribution is 7.92. The minimum Gasteiger partial charge on any atom is -0.462 e. The van der Waals surface area contributed by atoms with Crippen LogP contribution in [0, 0.1) is 34.6 Å². The molecule has 8 heteroatoms. The third kappa shape index (κ3) is 5.07. The molecule has 2 rings (SSSR count). The minimum atomic E-state index is -4.00. The van der Waals surface area contributed by atoms with Crippen LogP contribution < -0.4 is 4.72 Å². The predicted octanol–water partition coefficient (Wildman–Crippen LogP) is 4.38. The maximum Gasteiger partial charge on any atom is 0.338 e. The molecule has 1 N–H and O–H groups in total. The van der Waals surface area contributed by atoms with Crippen LogP contribution in [0.15, 0.2) is 23.1 Å². The lowest BCUT2D eigenvalue weighted by molar-refractivity contribution is 0.0525. The number of carbonyl (C=O) groups excluding carboxylic acids is 2. The monoisotopic (exact) mass is 447 g/mol. The minimum absolute atomic E-state index is 0.0508. The molecule has 0 unspecified atom stereocenters. The average molecular weight is 448 g/mol. The lowest BCUT2D eigenvalue weighted by atomic mass is 9.95. The van der Waals surface area contributed by atoms with Gasteiger partial charge in [-0.25, -0.2) is 18.0 Å². The van der Waals surface area contributed by atoms with Crippen molar-refractivity contribution in [1.82, 2.24) is 0 Å². The van der Waals surface area contributed by atoms with Crippen molar-refractivity contribution >= 4 is 27.6 Å². The summed E-state index contributed by atoms with van der Waals surface area (Å²) in [7, 11) is -4.00. The van der Waals surface area contributed by atoms with Gasteiger partial charge in [0.25, 0.3) is 10.0 Å². The quantitative estimate of drug-likeness (QED) is 0.632. The molecule has 0 aromatic heterocycles. The van der Waals surface area contributed by atoms with E-state index >= 15 is 0 Å². The second-order valence-corrected chi connectivity index (χ2v) is 8.92. The van der Waals surface area contributed by atoms with Gasteiger partial charge in [0, 0.05) is 0 Å². The Morgan fingerprint density at radius 3 is 1.52 bits per heavy atom. The first-order chi connectivity index (χ1) is 14.4. The number of carbonyl (C=O) groups is 2. The van der Waals surface area contributed by atoms with Gasteiger partial charge in [-0.1, -0.05) is 0 Å². The van der Waals surface area contributed by atoms with Crippen molar-refractivity contribution in [2.24, 2.45) is 0 Å². The lowest BCUT2D eigenvalue weighted by Crippen LogP contribution is -2.19. The third-order valence-corrected chi connectivity index (χ3v) is 7.06. The first-order valence-electron chi connectivity index (χ1n) is 10.0. The first-order valence-corrected chi connectivity index (χ1v) is 11.5. The molecule has 0 amide bonds. The van der Waals surface area contributed by atoms with Crippen LogP contribution >= 0.6 is 0 Å². The van der Waals surface area contributed by atoms with Crippen LogP contribution in [-0.4, -0.2) is 33.6 Å². The highest BCUT2D eigenvalue weighted by Crippen LogP contribution is 2.31. The van der Waals surface area contributed by atoms with Crippen molar-refractivity contribution in [3.05, 3.63) is 57.1 Å². The Kier molecular flexibility index (Phi) is 7.49. The van der Waals surface area contributed by atoms with Crippen molar-refractivity contribution in [3.63, 3.8) is 0 Å². The van der Waals surface area contributed by atoms with Gasteiger partial charge in [0.2, 0.25) is 0 Å². The van der Waals surface area contributed by atoms with E-state index in [9.17, 15) is 18.0 Å². The van der Waals surface area contributed by atoms with Gasteiger partial charge in [-0.05, 0) is 94.5 Å². The lowest BCUT2D eigenvalue weighted by Gasteiger charge is -2.19. The van der Waals surface area contributed by atoms with Gasteiger partial charge in [0.1, 0.15) is 0 Å². The van der Waals surface area contributed by atoms with E-state index in [1.165, 1.54) is 18.2 Å². The maximum atomic E-state index is 13.3. The Hall–Kier alpha value is -2.87. The van der Waals surface area contributed by atoms with Crippen LogP contribution in [0.4, 0.5) is 5.69 Å². The Morgan fingerprint density at radius 2 is 1.13 bits per heavy atom. The molecule has 0 bridgehead atoms. The molecular weight excluding hydrogens is 418 g/mol. The van der Waals surface area contributed by atoms with E-state index in [1.54, 1.807) is 27.7 Å². The van der Waals surface area contributed by atoms with Crippen LogP contribution in [0.3, 0.4) is 0 Å². The SMILES string of the molecule is CCOC(=O)c1cc(NS(=O)(=O)c2c(C)c(C)c(C)c(C)c2C)cc(C(=O)OCC)c1. The van der Waals surface area contributed by atoms with E-state index in [4.69, 9.17) is 9.47 Å². The fourth-order valence-corrected chi connectivity index (χ4v) is 5.07. The molecule has 7 nitrogen and oxygen atoms in total. The summed E-state index contributed by atoms with van der Waals surface area (Å²) in [5.74, 6) is -1.33. The molecule has 0 radical (unpaired) electrons. The number of rotatable bonds is 7. The summed E-state index contributed by atoms with van der Waals surface area (Å²) in [5.41, 5.74) is 4.32. The van der Waals surface area contributed by atoms with Gasteiger partial charge in [-0.15, -0.1) is 0 Å². The summed E-state index contributed by atoms with van der Waals surface area (Å²) >= 11 is 0. The van der Waals surface area contributed by atoms with Crippen LogP contribution in [0.25, 0.3) is 0 Å². The van der Waals surface area contributed by atoms with Gasteiger partial charge in [0.15, 0.2) is 0 Å². The summed E-state index contributed by atoms with van der Waals surface area (Å²) in [5, 5.41) is 0. The Balaban J connectivity index is 2.62. The van der Waals surface area contributed by atoms with Crippen LogP contribution in [0.1, 0.15) is 62.4 Å². The Morgan fingerprint density at radius 1 is 0.742 bits per heavy atom. The molecule has 31 heavy (non-hydrogen) atoms. The van der Waals surface area contributed by atoms with Crippen molar-refractivity contribution in [2.75, 3.05) is 17.9 Å². The summed E-state index contributed by atoms with van der Waals surface area (Å²) in [4.78, 5) is 24.7. The molecule has 0 spiro atoms. The predicted molar refractivity (Wildman–Crippen MR) is 119 cm³/mol. The summed E-state index contributed by atoms with van der Waals surface area (Å²) in [6, 6.07) is 4.01. The maximum absolute atomic E-state index is 13.3. The standard InChI is InChI=1S/C23H29NO6S/c1-8-29-22(25)18-10-19(23(26)30-9-2)12-20(11-18)24-31(27,28)21-16(6)14(4)13(3)15(5)17(21)7/h10-12,24H,8-9H2,1-7H3. The zero-order chi connectivity index (χ0) is 23.5. The molecule has 0 atom stereocenters. The van der Waals surface area contributed by atoms with E-state index in [0.29, 0.717) is 11.1 Å². The van der Waals surface area contributed by atoms with E-state index in [1.807, 2.05) is 20.8 Å². The summed E-state index contributed by atoms with van der Waals surface area (Å²) in [6.07, 6.45) is 0. The molecule has 168 valence electrons. The highest BCUT2D eigenvalue weighted by atomic mass is 32.2. The van der Waals surface area contributed by atoms with Crippen LogP contribution in [0.2, 0.25) is 0 Å². The summed E-state index contributed by atoms with van der Waals surface area (Å²) < 4.78 is 39.2. The number of hydrogen-bond donors (Lipinski definition) is 1. The van der Waals surface area contributed by atoms with Gasteiger partial charge in [0.05, 0.1) is 34.9 Å². The Bertz CT molecular complexity index is 1070. The molecule has 0 fully saturated rings. The molecule has 0 saturated carbocycles. The molecule has 0 saturated heterocycles. The van der Waals surface area contributed by atoms with Crippen molar-refractivity contribution in [1.29, 1.82) is 0 Å². The average Bonchev–Trinajstić information content (AvgIpc) is 2.70. The number of esters is 2. The molecule has 0 aliphatic rings. The molecule has 0 aliphatic carbocycles. The van der Waals surface area contributed by atoms with E-state index in [2.05, 4.69) is 4.72 Å². The second kappa shape index (κ2) is 9.51. The van der Waals surface area contributed by atoms with E-state index in [-0.39, 0.29) is 34.9 Å². The van der Waals surface area contributed by atoms with Gasteiger partial charge in [-0.3, -0.25) is 4.72 Å². The second-order valence-electron chi connectivity index (χ2n) is 7.30. The molecule has 0 aliphatic heterocycles. The fraction of sp³-hybridized carbons (Fsp3) is 0.391. The van der Waals surface area contributed by atoms with Crippen LogP contribution in [-0.2, 0) is 19.5 Å². The van der Waals surface area contributed by atoms with Crippen LogP contribution in [0.5, 0.6) is 0 Å². The number of ether oxygens (including phenoxy) is 2. The highest BCUT2D eigenvalue weighted by Gasteiger charge is 2.25.